The van der Waals surface area contributed by atoms with Crippen molar-refractivity contribution in [3.8, 4) is 33.6 Å². The number of rotatable bonds is 8. The van der Waals surface area contributed by atoms with Crippen LogP contribution < -0.4 is 0 Å². The van der Waals surface area contributed by atoms with Gasteiger partial charge >= 0.3 is 0 Å². The summed E-state index contributed by atoms with van der Waals surface area (Å²) in [6.45, 7) is 0. The molecule has 0 N–H and O–H groups in total. The van der Waals surface area contributed by atoms with E-state index in [1.807, 2.05) is 0 Å². The second kappa shape index (κ2) is 15.1. The number of aromatic nitrogens is 2. The van der Waals surface area contributed by atoms with Crippen molar-refractivity contribution >= 4 is 43.6 Å². The summed E-state index contributed by atoms with van der Waals surface area (Å²) in [5.41, 5.74) is 16.2. The van der Waals surface area contributed by atoms with Gasteiger partial charge in [0.2, 0.25) is 0 Å². The maximum Gasteiger partial charge on any atom is 0.0702 e. The van der Waals surface area contributed by atoms with Crippen LogP contribution in [0.25, 0.3) is 77.2 Å². The van der Waals surface area contributed by atoms with Crippen LogP contribution in [-0.4, -0.2) is 9.13 Å². The minimum atomic E-state index is -0.553. The number of hydrogen-bond acceptors (Lipinski definition) is 0. The van der Waals surface area contributed by atoms with Gasteiger partial charge in [0.15, 0.2) is 0 Å². The molecule has 0 fully saturated rings. The first-order chi connectivity index (χ1) is 31.3. The van der Waals surface area contributed by atoms with Crippen LogP contribution in [0, 0.1) is 0 Å². The molecule has 2 heterocycles. The molecule has 12 rings (SSSR count). The Morgan fingerprint density at radius 2 is 0.603 bits per heavy atom. The number of benzene rings is 10. The molecule has 0 aliphatic carbocycles. The molecule has 296 valence electrons. The smallest absolute Gasteiger partial charge is 0.0702 e. The average molecular weight is 803 g/mol. The molecule has 12 aromatic rings. The first-order valence-corrected chi connectivity index (χ1v) is 21.8. The Morgan fingerprint density at radius 1 is 0.222 bits per heavy atom. The van der Waals surface area contributed by atoms with Crippen LogP contribution in [0.1, 0.15) is 22.3 Å². The maximum absolute atomic E-state index is 2.45. The van der Waals surface area contributed by atoms with Gasteiger partial charge in [0.05, 0.1) is 27.5 Å². The van der Waals surface area contributed by atoms with Gasteiger partial charge in [0, 0.05) is 32.9 Å². The maximum atomic E-state index is 2.45. The molecule has 0 aliphatic heterocycles. The Balaban J connectivity index is 1.07. The molecule has 0 amide bonds. The number of para-hydroxylation sites is 1. The van der Waals surface area contributed by atoms with E-state index >= 15 is 0 Å². The van der Waals surface area contributed by atoms with Gasteiger partial charge < -0.3 is 9.13 Å². The molecule has 0 saturated heterocycles. The van der Waals surface area contributed by atoms with Gasteiger partial charge in [-0.3, -0.25) is 0 Å². The van der Waals surface area contributed by atoms with Crippen LogP contribution in [0.5, 0.6) is 0 Å². The molecule has 0 spiro atoms. The summed E-state index contributed by atoms with van der Waals surface area (Å²) in [7, 11) is 0. The lowest BCUT2D eigenvalue weighted by atomic mass is 9.65. The van der Waals surface area contributed by atoms with Crippen molar-refractivity contribution in [3.05, 3.63) is 277 Å². The van der Waals surface area contributed by atoms with Crippen LogP contribution in [0.15, 0.2) is 255 Å². The van der Waals surface area contributed by atoms with Crippen LogP contribution in [0.4, 0.5) is 0 Å². The third kappa shape index (κ3) is 5.95. The van der Waals surface area contributed by atoms with E-state index in [0.29, 0.717) is 0 Å². The largest absolute Gasteiger partial charge is 0.309 e. The average Bonchev–Trinajstić information content (AvgIpc) is 3.87. The Hall–Kier alpha value is -8.20. The first kappa shape index (κ1) is 36.6. The van der Waals surface area contributed by atoms with E-state index in [9.17, 15) is 0 Å². The van der Waals surface area contributed by atoms with Crippen molar-refractivity contribution in [2.75, 3.05) is 0 Å². The Labute approximate surface area is 367 Å². The second-order valence-corrected chi connectivity index (χ2v) is 16.5. The van der Waals surface area contributed by atoms with E-state index in [4.69, 9.17) is 0 Å². The highest BCUT2D eigenvalue weighted by atomic mass is 15.0. The fourth-order valence-electron chi connectivity index (χ4n) is 10.2. The molecule has 0 saturated carbocycles. The predicted octanol–water partition coefficient (Wildman–Crippen LogP) is 15.6. The van der Waals surface area contributed by atoms with Crippen molar-refractivity contribution in [1.82, 2.24) is 9.13 Å². The SMILES string of the molecule is c1ccc(-c2ccc3c(c2)c2cc(-c4ccccc4)ccc2n3-c2ccc3c(c2)c2ccccc2n3-c2cccc(C(c3ccccc3)(c3ccccc3)c3ccccc3)c2)cc1. The minimum absolute atomic E-state index is 0.553. The summed E-state index contributed by atoms with van der Waals surface area (Å²) in [6, 6.07) is 93.3. The molecular formula is C61H42N2. The third-order valence-corrected chi connectivity index (χ3v) is 13.1. The minimum Gasteiger partial charge on any atom is -0.309 e. The molecule has 63 heavy (non-hydrogen) atoms. The molecule has 2 aromatic heterocycles. The highest BCUT2D eigenvalue weighted by Crippen LogP contribution is 2.46. The molecule has 2 heteroatoms. The summed E-state index contributed by atoms with van der Waals surface area (Å²) >= 11 is 0. The summed E-state index contributed by atoms with van der Waals surface area (Å²) in [5, 5.41) is 4.91. The number of fused-ring (bicyclic) bond motifs is 6. The topological polar surface area (TPSA) is 9.86 Å². The van der Waals surface area contributed by atoms with Gasteiger partial charge in [0.25, 0.3) is 0 Å². The molecule has 0 unspecified atom stereocenters. The Kier molecular flexibility index (Phi) is 8.76. The fraction of sp³-hybridized carbons (Fsp3) is 0.0164. The van der Waals surface area contributed by atoms with E-state index in [-0.39, 0.29) is 0 Å². The van der Waals surface area contributed by atoms with Crippen LogP contribution in [-0.2, 0) is 5.41 Å². The van der Waals surface area contributed by atoms with E-state index in [2.05, 4.69) is 264 Å². The summed E-state index contributed by atoms with van der Waals surface area (Å²) < 4.78 is 4.90. The van der Waals surface area contributed by atoms with Crippen molar-refractivity contribution in [3.63, 3.8) is 0 Å². The van der Waals surface area contributed by atoms with E-state index in [1.54, 1.807) is 0 Å². The summed E-state index contributed by atoms with van der Waals surface area (Å²) in [6.07, 6.45) is 0. The van der Waals surface area contributed by atoms with Gasteiger partial charge in [-0.2, -0.15) is 0 Å². The number of hydrogen-bond donors (Lipinski definition) is 0. The van der Waals surface area contributed by atoms with Crippen LogP contribution in [0.2, 0.25) is 0 Å². The second-order valence-electron chi connectivity index (χ2n) is 16.5. The molecule has 0 radical (unpaired) electrons. The van der Waals surface area contributed by atoms with E-state index in [0.717, 1.165) is 11.4 Å². The normalized spacial score (nSPS) is 11.8. The van der Waals surface area contributed by atoms with Gasteiger partial charge in [-0.15, -0.1) is 0 Å². The van der Waals surface area contributed by atoms with E-state index < -0.39 is 5.41 Å². The fourth-order valence-corrected chi connectivity index (χ4v) is 10.2. The molecule has 0 aliphatic rings. The highest BCUT2D eigenvalue weighted by Gasteiger charge is 2.38. The van der Waals surface area contributed by atoms with Gasteiger partial charge in [-0.05, 0) is 105 Å². The van der Waals surface area contributed by atoms with Crippen molar-refractivity contribution < 1.29 is 0 Å². The van der Waals surface area contributed by atoms with Gasteiger partial charge in [-0.1, -0.05) is 194 Å². The highest BCUT2D eigenvalue weighted by molar-refractivity contribution is 6.13. The van der Waals surface area contributed by atoms with E-state index in [1.165, 1.54) is 88.1 Å². The van der Waals surface area contributed by atoms with Crippen LogP contribution in [0.3, 0.4) is 0 Å². The van der Waals surface area contributed by atoms with Gasteiger partial charge in [-0.25, -0.2) is 0 Å². The quantitative estimate of drug-likeness (QED) is 0.135. The summed E-state index contributed by atoms with van der Waals surface area (Å²) in [4.78, 5) is 0. The number of nitrogens with zero attached hydrogens (tertiary/aromatic N) is 2. The molecule has 0 atom stereocenters. The Bertz CT molecular complexity index is 3390. The predicted molar refractivity (Wildman–Crippen MR) is 264 cm³/mol. The van der Waals surface area contributed by atoms with Crippen molar-refractivity contribution in [2.24, 2.45) is 0 Å². The van der Waals surface area contributed by atoms with Gasteiger partial charge in [0.1, 0.15) is 0 Å². The molecule has 2 nitrogen and oxygen atoms in total. The van der Waals surface area contributed by atoms with Crippen LogP contribution >= 0.6 is 0 Å². The summed E-state index contributed by atoms with van der Waals surface area (Å²) in [5.74, 6) is 0. The first-order valence-electron chi connectivity index (χ1n) is 21.8. The van der Waals surface area contributed by atoms with Crippen molar-refractivity contribution in [1.29, 1.82) is 0 Å². The third-order valence-electron chi connectivity index (χ3n) is 13.1. The standard InChI is InChI=1S/C61H42N2/c1-6-19-43(20-7-1)45-33-36-58-54(39-45)55-40-46(44-21-8-2-9-22-44)34-37-59(55)63(58)52-35-38-60-56(42-52)53-31-16-17-32-57(53)62(60)51-30-18-29-50(41-51)61(47-23-10-3-11-24-47,48-25-12-4-13-26-48)49-27-14-5-15-28-49/h1-42H. The lowest BCUT2D eigenvalue weighted by molar-refractivity contribution is 0.744. The zero-order valence-corrected chi connectivity index (χ0v) is 34.6. The van der Waals surface area contributed by atoms with Crippen molar-refractivity contribution in [2.45, 2.75) is 5.41 Å². The monoisotopic (exact) mass is 802 g/mol. The zero-order chi connectivity index (χ0) is 41.7. The molecule has 10 aromatic carbocycles. The molecule has 0 bridgehead atoms. The lowest BCUT2D eigenvalue weighted by Gasteiger charge is -2.37. The lowest BCUT2D eigenvalue weighted by Crippen LogP contribution is -2.31. The molecular weight excluding hydrogens is 761 g/mol. The zero-order valence-electron chi connectivity index (χ0n) is 34.6. The Morgan fingerprint density at radius 3 is 1.11 bits per heavy atom.